The van der Waals surface area contributed by atoms with E-state index in [2.05, 4.69) is 5.16 Å². The molecule has 1 aromatic carbocycles. The Hall–Kier alpha value is -2.19. The molecule has 7 nitrogen and oxygen atoms in total. The summed E-state index contributed by atoms with van der Waals surface area (Å²) in [6.45, 7) is 3.50. The van der Waals surface area contributed by atoms with Crippen LogP contribution in [-0.4, -0.2) is 37.9 Å². The third kappa shape index (κ3) is 3.59. The first-order chi connectivity index (χ1) is 10.7. The first-order valence-corrected chi connectivity index (χ1v) is 8.29. The van der Waals surface area contributed by atoms with E-state index in [9.17, 15) is 13.2 Å². The highest BCUT2D eigenvalue weighted by Gasteiger charge is 2.19. The number of aryl methyl sites for hydroxylation is 2. The molecule has 2 aromatic rings. The summed E-state index contributed by atoms with van der Waals surface area (Å²) in [6, 6.07) is 5.73. The number of hydrogen-bond donors (Lipinski definition) is 0. The van der Waals surface area contributed by atoms with Gasteiger partial charge in [-0.1, -0.05) is 11.2 Å². The van der Waals surface area contributed by atoms with Crippen molar-refractivity contribution in [2.45, 2.75) is 25.3 Å². The summed E-state index contributed by atoms with van der Waals surface area (Å²) in [7, 11) is -0.747. The third-order valence-electron chi connectivity index (χ3n) is 3.38. The lowest BCUT2D eigenvalue weighted by Gasteiger charge is -2.12. The number of ether oxygens (including phenoxy) is 1. The molecule has 0 saturated carbocycles. The number of aromatic nitrogens is 1. The van der Waals surface area contributed by atoms with Crippen LogP contribution in [0.4, 0.5) is 0 Å². The van der Waals surface area contributed by atoms with Crippen LogP contribution in [0.25, 0.3) is 0 Å². The van der Waals surface area contributed by atoms with Gasteiger partial charge < -0.3 is 9.26 Å². The van der Waals surface area contributed by atoms with Crippen molar-refractivity contribution in [3.8, 4) is 0 Å². The Morgan fingerprint density at radius 3 is 2.57 bits per heavy atom. The lowest BCUT2D eigenvalue weighted by Crippen LogP contribution is -2.22. The van der Waals surface area contributed by atoms with Crippen molar-refractivity contribution in [2.24, 2.45) is 0 Å². The number of sulfonamides is 1. The number of hydrogen-bond acceptors (Lipinski definition) is 6. The topological polar surface area (TPSA) is 89.7 Å². The molecule has 0 aliphatic heterocycles. The van der Waals surface area contributed by atoms with Crippen LogP contribution >= 0.6 is 0 Å². The van der Waals surface area contributed by atoms with Gasteiger partial charge in [-0.25, -0.2) is 17.5 Å². The van der Waals surface area contributed by atoms with Crippen molar-refractivity contribution in [1.82, 2.24) is 9.46 Å². The van der Waals surface area contributed by atoms with Crippen molar-refractivity contribution in [2.75, 3.05) is 14.1 Å². The second-order valence-electron chi connectivity index (χ2n) is 5.19. The van der Waals surface area contributed by atoms with E-state index in [4.69, 9.17) is 9.26 Å². The lowest BCUT2D eigenvalue weighted by molar-refractivity contribution is 0.0470. The first kappa shape index (κ1) is 17.2. The quantitative estimate of drug-likeness (QED) is 0.774. The van der Waals surface area contributed by atoms with Gasteiger partial charge in [0.2, 0.25) is 10.0 Å². The molecular formula is C15H18N2O5S. The van der Waals surface area contributed by atoms with E-state index in [0.717, 1.165) is 4.31 Å². The maximum absolute atomic E-state index is 12.1. The highest BCUT2D eigenvalue weighted by Crippen LogP contribution is 2.17. The number of carbonyl (C=O) groups is 1. The average molecular weight is 338 g/mol. The van der Waals surface area contributed by atoms with Gasteiger partial charge in [0, 0.05) is 14.1 Å². The minimum atomic E-state index is -3.60. The lowest BCUT2D eigenvalue weighted by atomic mass is 10.2. The minimum Gasteiger partial charge on any atom is -0.457 e. The van der Waals surface area contributed by atoms with E-state index in [0.29, 0.717) is 17.0 Å². The zero-order valence-corrected chi connectivity index (χ0v) is 14.2. The fourth-order valence-electron chi connectivity index (χ4n) is 1.92. The fourth-order valence-corrected chi connectivity index (χ4v) is 2.87. The van der Waals surface area contributed by atoms with Crippen LogP contribution in [0.3, 0.4) is 0 Å². The van der Waals surface area contributed by atoms with Gasteiger partial charge in [0.1, 0.15) is 12.4 Å². The van der Waals surface area contributed by atoms with E-state index < -0.39 is 16.0 Å². The van der Waals surface area contributed by atoms with Crippen LogP contribution < -0.4 is 0 Å². The summed E-state index contributed by atoms with van der Waals surface area (Å²) in [5.41, 5.74) is 1.52. The van der Waals surface area contributed by atoms with E-state index in [-0.39, 0.29) is 17.1 Å². The number of carbonyl (C=O) groups excluding carboxylic acids is 1. The third-order valence-corrected chi connectivity index (χ3v) is 5.19. The molecule has 124 valence electrons. The number of esters is 1. The normalized spacial score (nSPS) is 11.7. The molecule has 0 radical (unpaired) electrons. The Balaban J connectivity index is 2.18. The van der Waals surface area contributed by atoms with Gasteiger partial charge in [0.15, 0.2) is 0 Å². The predicted octanol–water partition coefficient (Wildman–Crippen LogP) is 1.90. The van der Waals surface area contributed by atoms with Crippen molar-refractivity contribution in [1.29, 1.82) is 0 Å². The molecular weight excluding hydrogens is 320 g/mol. The summed E-state index contributed by atoms with van der Waals surface area (Å²) in [4.78, 5) is 12.2. The molecule has 2 rings (SSSR count). The Bertz CT molecular complexity index is 805. The second kappa shape index (κ2) is 6.51. The minimum absolute atomic E-state index is 0.0185. The molecule has 23 heavy (non-hydrogen) atoms. The Kier molecular flexibility index (Phi) is 4.86. The molecule has 0 atom stereocenters. The van der Waals surface area contributed by atoms with Crippen molar-refractivity contribution < 1.29 is 22.5 Å². The monoisotopic (exact) mass is 338 g/mol. The SMILES string of the molecule is Cc1noc(C)c1COC(=O)c1cccc(S(=O)(=O)N(C)C)c1. The predicted molar refractivity (Wildman–Crippen MR) is 82.4 cm³/mol. The number of rotatable bonds is 5. The van der Waals surface area contributed by atoms with Crippen LogP contribution in [0.15, 0.2) is 33.7 Å². The highest BCUT2D eigenvalue weighted by atomic mass is 32.2. The van der Waals surface area contributed by atoms with E-state index in [1.165, 1.54) is 38.4 Å². The maximum Gasteiger partial charge on any atom is 0.338 e. The van der Waals surface area contributed by atoms with Crippen LogP contribution in [0, 0.1) is 13.8 Å². The van der Waals surface area contributed by atoms with Gasteiger partial charge in [0.05, 0.1) is 21.7 Å². The zero-order chi connectivity index (χ0) is 17.2. The number of benzene rings is 1. The smallest absolute Gasteiger partial charge is 0.338 e. The average Bonchev–Trinajstić information content (AvgIpc) is 2.83. The maximum atomic E-state index is 12.1. The molecule has 1 aromatic heterocycles. The van der Waals surface area contributed by atoms with Gasteiger partial charge >= 0.3 is 5.97 Å². The summed E-state index contributed by atoms with van der Waals surface area (Å²) >= 11 is 0. The molecule has 0 spiro atoms. The van der Waals surface area contributed by atoms with E-state index in [1.807, 2.05) is 0 Å². The summed E-state index contributed by atoms with van der Waals surface area (Å²) < 4.78 is 35.5. The van der Waals surface area contributed by atoms with Crippen molar-refractivity contribution in [3.05, 3.63) is 46.8 Å². The largest absolute Gasteiger partial charge is 0.457 e. The van der Waals surface area contributed by atoms with Gasteiger partial charge in [0.25, 0.3) is 0 Å². The molecule has 0 fully saturated rings. The zero-order valence-electron chi connectivity index (χ0n) is 13.4. The summed E-state index contributed by atoms with van der Waals surface area (Å²) in [5.74, 6) is -0.0277. The van der Waals surface area contributed by atoms with Gasteiger partial charge in [-0.3, -0.25) is 0 Å². The molecule has 0 aliphatic rings. The van der Waals surface area contributed by atoms with Crippen molar-refractivity contribution >= 4 is 16.0 Å². The van der Waals surface area contributed by atoms with Crippen molar-refractivity contribution in [3.63, 3.8) is 0 Å². The van der Waals surface area contributed by atoms with Crippen LogP contribution in [0.1, 0.15) is 27.4 Å². The van der Waals surface area contributed by atoms with E-state index >= 15 is 0 Å². The molecule has 0 saturated heterocycles. The molecule has 0 amide bonds. The summed E-state index contributed by atoms with van der Waals surface area (Å²) in [6.07, 6.45) is 0. The fraction of sp³-hybridized carbons (Fsp3) is 0.333. The van der Waals surface area contributed by atoms with Gasteiger partial charge in [-0.05, 0) is 32.0 Å². The molecule has 0 aliphatic carbocycles. The molecule has 8 heteroatoms. The Morgan fingerprint density at radius 1 is 1.30 bits per heavy atom. The standard InChI is InChI=1S/C15H18N2O5S/c1-10-14(11(2)22-16-10)9-21-15(18)12-6-5-7-13(8-12)23(19,20)17(3)4/h5-8H,9H2,1-4H3. The van der Waals surface area contributed by atoms with Crippen LogP contribution in [-0.2, 0) is 21.4 Å². The first-order valence-electron chi connectivity index (χ1n) is 6.85. The molecule has 1 heterocycles. The summed E-state index contributed by atoms with van der Waals surface area (Å²) in [5, 5.41) is 3.78. The molecule has 0 N–H and O–H groups in total. The van der Waals surface area contributed by atoms with Gasteiger partial charge in [-0.15, -0.1) is 0 Å². The molecule has 0 unspecified atom stereocenters. The van der Waals surface area contributed by atoms with Crippen LogP contribution in [0.5, 0.6) is 0 Å². The van der Waals surface area contributed by atoms with Crippen LogP contribution in [0.2, 0.25) is 0 Å². The highest BCUT2D eigenvalue weighted by molar-refractivity contribution is 7.89. The number of nitrogens with zero attached hydrogens (tertiary/aromatic N) is 2. The Labute approximate surface area is 134 Å². The Morgan fingerprint density at radius 2 is 2.00 bits per heavy atom. The van der Waals surface area contributed by atoms with E-state index in [1.54, 1.807) is 13.8 Å². The second-order valence-corrected chi connectivity index (χ2v) is 7.35. The van der Waals surface area contributed by atoms with Gasteiger partial charge in [-0.2, -0.15) is 0 Å². The molecule has 0 bridgehead atoms.